The third-order valence-electron chi connectivity index (χ3n) is 4.19. The van der Waals surface area contributed by atoms with Gasteiger partial charge in [0.2, 0.25) is 0 Å². The monoisotopic (exact) mass is 391 g/mol. The molecule has 1 aliphatic heterocycles. The van der Waals surface area contributed by atoms with Crippen molar-refractivity contribution < 1.29 is 9.21 Å². The first-order valence-corrected chi connectivity index (χ1v) is 9.02. The second-order valence-electron chi connectivity index (χ2n) is 6.09. The highest BCUT2D eigenvalue weighted by molar-refractivity contribution is 9.10. The molecular weight excluding hydrogens is 370 g/mol. The highest BCUT2D eigenvalue weighted by Gasteiger charge is 2.14. The zero-order valence-corrected chi connectivity index (χ0v) is 15.4. The third-order valence-corrected chi connectivity index (χ3v) is 4.61. The maximum atomic E-state index is 12.4. The number of hydrogen-bond donors (Lipinski definition) is 1. The molecule has 2 amide bonds. The van der Waals surface area contributed by atoms with Crippen molar-refractivity contribution in [3.05, 3.63) is 46.8 Å². The number of carbonyl (C=O) groups is 1. The summed E-state index contributed by atoms with van der Waals surface area (Å²) in [5, 5.41) is 2.96. The fourth-order valence-corrected chi connectivity index (χ4v) is 3.23. The van der Waals surface area contributed by atoms with Crippen molar-refractivity contribution >= 4 is 33.3 Å². The zero-order chi connectivity index (χ0) is 16.9. The number of rotatable bonds is 4. The summed E-state index contributed by atoms with van der Waals surface area (Å²) in [5.74, 6) is 0.738. The van der Waals surface area contributed by atoms with Gasteiger partial charge in [-0.2, -0.15) is 0 Å². The van der Waals surface area contributed by atoms with Crippen molar-refractivity contribution in [3.63, 3.8) is 0 Å². The van der Waals surface area contributed by atoms with Gasteiger partial charge in [0.1, 0.15) is 5.76 Å². The lowest BCUT2D eigenvalue weighted by Gasteiger charge is -2.29. The van der Waals surface area contributed by atoms with Crippen LogP contribution in [0.5, 0.6) is 0 Å². The number of amides is 2. The van der Waals surface area contributed by atoms with Crippen molar-refractivity contribution in [3.8, 4) is 0 Å². The molecular formula is C18H22BrN3O2. The molecule has 6 heteroatoms. The molecule has 0 unspecified atom stereocenters. The van der Waals surface area contributed by atoms with E-state index in [1.807, 2.05) is 30.3 Å². The molecule has 3 rings (SSSR count). The Kier molecular flexibility index (Phi) is 5.45. The highest BCUT2D eigenvalue weighted by Crippen LogP contribution is 2.23. The fourth-order valence-electron chi connectivity index (χ4n) is 2.89. The molecule has 1 aliphatic rings. The Labute approximate surface area is 150 Å². The molecule has 1 aromatic carbocycles. The lowest BCUT2D eigenvalue weighted by Crippen LogP contribution is -2.31. The molecule has 1 saturated heterocycles. The summed E-state index contributed by atoms with van der Waals surface area (Å²) in [6.07, 6.45) is 3.77. The Balaban J connectivity index is 1.61. The number of furan rings is 1. The topological polar surface area (TPSA) is 48.7 Å². The third kappa shape index (κ3) is 4.32. The number of benzene rings is 1. The maximum absolute atomic E-state index is 12.4. The van der Waals surface area contributed by atoms with Gasteiger partial charge in [-0.3, -0.25) is 0 Å². The molecule has 0 saturated carbocycles. The fraction of sp³-hybridized carbons (Fsp3) is 0.389. The van der Waals surface area contributed by atoms with Crippen LogP contribution in [0.25, 0.3) is 0 Å². The van der Waals surface area contributed by atoms with Gasteiger partial charge in [-0.15, -0.1) is 0 Å². The van der Waals surface area contributed by atoms with E-state index in [0.29, 0.717) is 11.2 Å². The first-order valence-electron chi connectivity index (χ1n) is 8.23. The van der Waals surface area contributed by atoms with Crippen LogP contribution in [-0.4, -0.2) is 31.1 Å². The average Bonchev–Trinajstić information content (AvgIpc) is 3.00. The molecule has 0 radical (unpaired) electrons. The number of urea groups is 1. The van der Waals surface area contributed by atoms with Crippen molar-refractivity contribution in [2.45, 2.75) is 25.8 Å². The van der Waals surface area contributed by atoms with Gasteiger partial charge in [-0.1, -0.05) is 6.07 Å². The van der Waals surface area contributed by atoms with Gasteiger partial charge >= 0.3 is 6.03 Å². The highest BCUT2D eigenvalue weighted by atomic mass is 79.9. The Hall–Kier alpha value is -1.95. The predicted octanol–water partition coefficient (Wildman–Crippen LogP) is 4.70. The Morgan fingerprint density at radius 3 is 2.75 bits per heavy atom. The quantitative estimate of drug-likeness (QED) is 0.821. The summed E-state index contributed by atoms with van der Waals surface area (Å²) in [6, 6.07) is 11.6. The zero-order valence-electron chi connectivity index (χ0n) is 13.8. The molecule has 0 aliphatic carbocycles. The lowest BCUT2D eigenvalue weighted by molar-refractivity contribution is 0.216. The van der Waals surface area contributed by atoms with E-state index in [1.165, 1.54) is 24.9 Å². The summed E-state index contributed by atoms with van der Waals surface area (Å²) >= 11 is 3.27. The van der Waals surface area contributed by atoms with Crippen LogP contribution in [0.4, 0.5) is 16.2 Å². The number of halogens is 1. The number of carbonyl (C=O) groups excluding carboxylic acids is 1. The van der Waals surface area contributed by atoms with Crippen LogP contribution in [0.2, 0.25) is 0 Å². The van der Waals surface area contributed by atoms with Crippen LogP contribution in [-0.2, 0) is 6.54 Å². The van der Waals surface area contributed by atoms with Crippen molar-refractivity contribution in [1.82, 2.24) is 4.90 Å². The van der Waals surface area contributed by atoms with E-state index in [9.17, 15) is 4.79 Å². The second kappa shape index (κ2) is 7.75. The normalized spacial score (nSPS) is 14.5. The first-order chi connectivity index (χ1) is 11.6. The average molecular weight is 392 g/mol. The number of hydrogen-bond acceptors (Lipinski definition) is 3. The number of anilines is 2. The lowest BCUT2D eigenvalue weighted by atomic mass is 10.1. The van der Waals surface area contributed by atoms with Crippen LogP contribution < -0.4 is 10.2 Å². The van der Waals surface area contributed by atoms with Gasteiger partial charge in [0.15, 0.2) is 4.67 Å². The molecule has 0 spiro atoms. The van der Waals surface area contributed by atoms with E-state index in [4.69, 9.17) is 4.42 Å². The molecule has 1 N–H and O–H groups in total. The molecule has 0 atom stereocenters. The van der Waals surface area contributed by atoms with Gasteiger partial charge in [-0.05, 0) is 65.5 Å². The minimum Gasteiger partial charge on any atom is -0.452 e. The Bertz CT molecular complexity index is 695. The molecule has 1 aromatic heterocycles. The minimum atomic E-state index is -0.154. The van der Waals surface area contributed by atoms with E-state index >= 15 is 0 Å². The van der Waals surface area contributed by atoms with Gasteiger partial charge in [0, 0.05) is 31.5 Å². The molecule has 2 aromatic rings. The van der Waals surface area contributed by atoms with E-state index in [2.05, 4.69) is 32.2 Å². The van der Waals surface area contributed by atoms with Crippen molar-refractivity contribution in [1.29, 1.82) is 0 Å². The molecule has 24 heavy (non-hydrogen) atoms. The maximum Gasteiger partial charge on any atom is 0.321 e. The van der Waals surface area contributed by atoms with Crippen LogP contribution in [0.1, 0.15) is 25.0 Å². The summed E-state index contributed by atoms with van der Waals surface area (Å²) in [7, 11) is 1.75. The van der Waals surface area contributed by atoms with E-state index in [1.54, 1.807) is 11.9 Å². The largest absolute Gasteiger partial charge is 0.452 e. The van der Waals surface area contributed by atoms with Crippen molar-refractivity contribution in [2.24, 2.45) is 0 Å². The van der Waals surface area contributed by atoms with Crippen LogP contribution in [0.3, 0.4) is 0 Å². The molecule has 2 heterocycles. The van der Waals surface area contributed by atoms with Gasteiger partial charge in [0.25, 0.3) is 0 Å². The summed E-state index contributed by atoms with van der Waals surface area (Å²) < 4.78 is 6.11. The van der Waals surface area contributed by atoms with Gasteiger partial charge < -0.3 is 19.5 Å². The SMILES string of the molecule is CN(Cc1ccc(Br)o1)C(=O)Nc1cccc(N2CCCCC2)c1. The standard InChI is InChI=1S/C18H22BrN3O2/c1-21(13-16-8-9-17(19)24-16)18(23)20-14-6-5-7-15(12-14)22-10-3-2-4-11-22/h5-9,12H,2-4,10-11,13H2,1H3,(H,20,23). The van der Waals surface area contributed by atoms with E-state index in [-0.39, 0.29) is 6.03 Å². The predicted molar refractivity (Wildman–Crippen MR) is 99.4 cm³/mol. The van der Waals surface area contributed by atoms with E-state index < -0.39 is 0 Å². The Morgan fingerprint density at radius 1 is 1.25 bits per heavy atom. The first kappa shape index (κ1) is 16.9. The number of nitrogens with zero attached hydrogens (tertiary/aromatic N) is 2. The Morgan fingerprint density at radius 2 is 2.04 bits per heavy atom. The smallest absolute Gasteiger partial charge is 0.321 e. The van der Waals surface area contributed by atoms with Crippen LogP contribution in [0, 0.1) is 0 Å². The minimum absolute atomic E-state index is 0.154. The van der Waals surface area contributed by atoms with Crippen molar-refractivity contribution in [2.75, 3.05) is 30.4 Å². The van der Waals surface area contributed by atoms with Crippen LogP contribution in [0.15, 0.2) is 45.5 Å². The molecule has 128 valence electrons. The van der Waals surface area contributed by atoms with Gasteiger partial charge in [0.05, 0.1) is 6.54 Å². The number of piperidine rings is 1. The van der Waals surface area contributed by atoms with E-state index in [0.717, 1.165) is 24.5 Å². The molecule has 5 nitrogen and oxygen atoms in total. The second-order valence-corrected chi connectivity index (χ2v) is 6.87. The summed E-state index contributed by atoms with van der Waals surface area (Å²) in [6.45, 7) is 2.60. The molecule has 1 fully saturated rings. The van der Waals surface area contributed by atoms with Gasteiger partial charge in [-0.25, -0.2) is 4.79 Å². The van der Waals surface area contributed by atoms with Crippen LogP contribution >= 0.6 is 15.9 Å². The summed E-state index contributed by atoms with van der Waals surface area (Å²) in [5.41, 5.74) is 1.99. The molecule has 0 bridgehead atoms. The number of nitrogens with one attached hydrogen (secondary N) is 1. The summed E-state index contributed by atoms with van der Waals surface area (Å²) in [4.78, 5) is 16.3.